The summed E-state index contributed by atoms with van der Waals surface area (Å²) in [6.07, 6.45) is 5.81. The molecule has 0 bridgehead atoms. The Hall–Kier alpha value is -2.37. The SMILES string of the molecule is Cc1n[nH]c(C)c1C1CCCCCN1C(=O)c1ccc(=O)n(C)c1. The molecule has 1 fully saturated rings. The zero-order chi connectivity index (χ0) is 17.3. The average molecular weight is 328 g/mol. The van der Waals surface area contributed by atoms with Crippen molar-refractivity contribution in [1.29, 1.82) is 0 Å². The number of hydrogen-bond acceptors (Lipinski definition) is 3. The highest BCUT2D eigenvalue weighted by Crippen LogP contribution is 2.34. The summed E-state index contributed by atoms with van der Waals surface area (Å²) in [4.78, 5) is 26.7. The van der Waals surface area contributed by atoms with Crippen molar-refractivity contribution in [2.24, 2.45) is 7.05 Å². The fourth-order valence-electron chi connectivity index (χ4n) is 3.59. The number of carbonyl (C=O) groups is 1. The van der Waals surface area contributed by atoms with Crippen LogP contribution in [0.4, 0.5) is 0 Å². The van der Waals surface area contributed by atoms with Crippen molar-refractivity contribution in [2.75, 3.05) is 6.54 Å². The number of nitrogens with zero attached hydrogens (tertiary/aromatic N) is 3. The second kappa shape index (κ2) is 6.63. The van der Waals surface area contributed by atoms with E-state index in [-0.39, 0.29) is 17.5 Å². The second-order valence-corrected chi connectivity index (χ2v) is 6.58. The van der Waals surface area contributed by atoms with Gasteiger partial charge in [0.2, 0.25) is 5.56 Å². The van der Waals surface area contributed by atoms with Crippen LogP contribution in [0.25, 0.3) is 0 Å². The van der Waals surface area contributed by atoms with Crippen LogP contribution in [0.1, 0.15) is 59.0 Å². The van der Waals surface area contributed by atoms with E-state index < -0.39 is 0 Å². The van der Waals surface area contributed by atoms with Gasteiger partial charge in [-0.15, -0.1) is 0 Å². The molecule has 2 aromatic rings. The van der Waals surface area contributed by atoms with Crippen molar-refractivity contribution in [1.82, 2.24) is 19.7 Å². The van der Waals surface area contributed by atoms with Crippen LogP contribution < -0.4 is 5.56 Å². The summed E-state index contributed by atoms with van der Waals surface area (Å²) in [5.41, 5.74) is 3.56. The third kappa shape index (κ3) is 3.00. The maximum atomic E-state index is 13.1. The molecule has 3 rings (SSSR count). The number of amides is 1. The van der Waals surface area contributed by atoms with E-state index >= 15 is 0 Å². The van der Waals surface area contributed by atoms with Crippen molar-refractivity contribution < 1.29 is 4.79 Å². The molecule has 24 heavy (non-hydrogen) atoms. The van der Waals surface area contributed by atoms with Crippen LogP contribution in [0.3, 0.4) is 0 Å². The van der Waals surface area contributed by atoms with E-state index in [0.29, 0.717) is 5.56 Å². The first-order valence-corrected chi connectivity index (χ1v) is 8.48. The van der Waals surface area contributed by atoms with Gasteiger partial charge in [0.1, 0.15) is 0 Å². The first-order chi connectivity index (χ1) is 11.5. The maximum Gasteiger partial charge on any atom is 0.255 e. The van der Waals surface area contributed by atoms with Gasteiger partial charge in [0, 0.05) is 37.1 Å². The number of likely N-dealkylation sites (tertiary alicyclic amines) is 1. The van der Waals surface area contributed by atoms with Gasteiger partial charge in [-0.1, -0.05) is 12.8 Å². The summed E-state index contributed by atoms with van der Waals surface area (Å²) in [5, 5.41) is 7.34. The largest absolute Gasteiger partial charge is 0.331 e. The Kier molecular flexibility index (Phi) is 4.55. The average Bonchev–Trinajstić information content (AvgIpc) is 2.77. The summed E-state index contributed by atoms with van der Waals surface area (Å²) in [6.45, 7) is 4.73. The molecule has 0 radical (unpaired) electrons. The molecule has 128 valence electrons. The molecule has 0 aliphatic carbocycles. The molecule has 1 unspecified atom stereocenters. The van der Waals surface area contributed by atoms with E-state index in [1.807, 2.05) is 18.7 Å². The number of pyridine rings is 1. The van der Waals surface area contributed by atoms with Crippen LogP contribution in [-0.4, -0.2) is 32.1 Å². The maximum absolute atomic E-state index is 13.1. The van der Waals surface area contributed by atoms with Gasteiger partial charge in [-0.05, 0) is 32.8 Å². The van der Waals surface area contributed by atoms with Gasteiger partial charge < -0.3 is 9.47 Å². The van der Waals surface area contributed by atoms with Gasteiger partial charge in [0.05, 0.1) is 17.3 Å². The fourth-order valence-corrected chi connectivity index (χ4v) is 3.59. The number of nitrogens with one attached hydrogen (secondary N) is 1. The van der Waals surface area contributed by atoms with Crippen LogP contribution in [0, 0.1) is 13.8 Å². The first kappa shape index (κ1) is 16.5. The number of aryl methyl sites for hydroxylation is 3. The Bertz CT molecular complexity index is 786. The highest BCUT2D eigenvalue weighted by atomic mass is 16.2. The van der Waals surface area contributed by atoms with Crippen molar-refractivity contribution in [2.45, 2.75) is 45.6 Å². The lowest BCUT2D eigenvalue weighted by Crippen LogP contribution is -2.36. The van der Waals surface area contributed by atoms with Crippen LogP contribution in [0.15, 0.2) is 23.1 Å². The number of carbonyl (C=O) groups excluding carboxylic acids is 1. The normalized spacial score (nSPS) is 18.5. The standard InChI is InChI=1S/C18H24N4O2/c1-12-17(13(2)20-19-12)15-7-5-4-6-10-22(15)18(24)14-8-9-16(23)21(3)11-14/h8-9,11,15H,4-7,10H2,1-3H3,(H,19,20). The Morgan fingerprint density at radius 3 is 2.71 bits per heavy atom. The zero-order valence-electron chi connectivity index (χ0n) is 14.5. The molecule has 1 amide bonds. The Morgan fingerprint density at radius 1 is 1.25 bits per heavy atom. The molecule has 1 N–H and O–H groups in total. The van der Waals surface area contributed by atoms with E-state index in [4.69, 9.17) is 0 Å². The number of hydrogen-bond donors (Lipinski definition) is 1. The molecule has 1 aliphatic heterocycles. The highest BCUT2D eigenvalue weighted by Gasteiger charge is 2.30. The second-order valence-electron chi connectivity index (χ2n) is 6.58. The summed E-state index contributed by atoms with van der Waals surface area (Å²) in [7, 11) is 1.67. The predicted octanol–water partition coefficient (Wildman–Crippen LogP) is 2.48. The van der Waals surface area contributed by atoms with E-state index in [2.05, 4.69) is 10.2 Å². The van der Waals surface area contributed by atoms with Crippen molar-refractivity contribution >= 4 is 5.91 Å². The van der Waals surface area contributed by atoms with Crippen LogP contribution in [0.2, 0.25) is 0 Å². The third-order valence-corrected chi connectivity index (χ3v) is 4.86. The van der Waals surface area contributed by atoms with Crippen LogP contribution in [0.5, 0.6) is 0 Å². The lowest BCUT2D eigenvalue weighted by molar-refractivity contribution is 0.0679. The molecule has 0 spiro atoms. The van der Waals surface area contributed by atoms with E-state index in [1.165, 1.54) is 10.6 Å². The quantitative estimate of drug-likeness (QED) is 0.920. The van der Waals surface area contributed by atoms with E-state index in [0.717, 1.165) is 49.2 Å². The molecular formula is C18H24N4O2. The monoisotopic (exact) mass is 328 g/mol. The van der Waals surface area contributed by atoms with Gasteiger partial charge in [-0.3, -0.25) is 14.7 Å². The minimum atomic E-state index is -0.111. The van der Waals surface area contributed by atoms with Gasteiger partial charge in [-0.25, -0.2) is 0 Å². The number of aromatic nitrogens is 3. The van der Waals surface area contributed by atoms with Crippen molar-refractivity contribution in [3.63, 3.8) is 0 Å². The van der Waals surface area contributed by atoms with Crippen molar-refractivity contribution in [3.8, 4) is 0 Å². The molecular weight excluding hydrogens is 304 g/mol. The smallest absolute Gasteiger partial charge is 0.255 e. The van der Waals surface area contributed by atoms with Crippen molar-refractivity contribution in [3.05, 3.63) is 51.2 Å². The summed E-state index contributed by atoms with van der Waals surface area (Å²) in [6, 6.07) is 3.12. The summed E-state index contributed by atoms with van der Waals surface area (Å²) < 4.78 is 1.45. The molecule has 2 aromatic heterocycles. The van der Waals surface area contributed by atoms with Gasteiger partial charge in [0.15, 0.2) is 0 Å². The lowest BCUT2D eigenvalue weighted by Gasteiger charge is -2.30. The fraction of sp³-hybridized carbons (Fsp3) is 0.500. The minimum absolute atomic E-state index is 0.0162. The van der Waals surface area contributed by atoms with E-state index in [1.54, 1.807) is 19.3 Å². The molecule has 0 saturated carbocycles. The molecule has 6 heteroatoms. The number of rotatable bonds is 2. The molecule has 1 aliphatic rings. The predicted molar refractivity (Wildman–Crippen MR) is 92.0 cm³/mol. The number of H-pyrrole nitrogens is 1. The van der Waals surface area contributed by atoms with Crippen LogP contribution in [-0.2, 0) is 7.05 Å². The molecule has 6 nitrogen and oxygen atoms in total. The topological polar surface area (TPSA) is 71.0 Å². The highest BCUT2D eigenvalue weighted by molar-refractivity contribution is 5.94. The van der Waals surface area contributed by atoms with Gasteiger partial charge >= 0.3 is 0 Å². The lowest BCUT2D eigenvalue weighted by atomic mass is 9.98. The molecule has 1 saturated heterocycles. The first-order valence-electron chi connectivity index (χ1n) is 8.48. The summed E-state index contributed by atoms with van der Waals surface area (Å²) >= 11 is 0. The Labute approximate surface area is 141 Å². The molecule has 1 atom stereocenters. The van der Waals surface area contributed by atoms with Gasteiger partial charge in [0.25, 0.3) is 5.91 Å². The van der Waals surface area contributed by atoms with E-state index in [9.17, 15) is 9.59 Å². The Morgan fingerprint density at radius 2 is 2.04 bits per heavy atom. The third-order valence-electron chi connectivity index (χ3n) is 4.86. The van der Waals surface area contributed by atoms with Gasteiger partial charge in [-0.2, -0.15) is 5.10 Å². The summed E-state index contributed by atoms with van der Waals surface area (Å²) in [5.74, 6) is -0.0162. The molecule has 3 heterocycles. The van der Waals surface area contributed by atoms with Crippen LogP contribution >= 0.6 is 0 Å². The zero-order valence-corrected chi connectivity index (χ0v) is 14.5. The number of aromatic amines is 1. The minimum Gasteiger partial charge on any atom is -0.331 e. The Balaban J connectivity index is 1.99. The molecule has 0 aromatic carbocycles.